The van der Waals surface area contributed by atoms with E-state index in [2.05, 4.69) is 20.2 Å². The van der Waals surface area contributed by atoms with E-state index in [1.54, 1.807) is 57.3 Å². The van der Waals surface area contributed by atoms with Gasteiger partial charge in [-0.15, -0.1) is 10.2 Å². The smallest absolute Gasteiger partial charge is 0.163 e. The first kappa shape index (κ1) is 29.9. The molecule has 218 valence electrons. The molecule has 1 saturated carbocycles. The van der Waals surface area contributed by atoms with Crippen LogP contribution in [0.15, 0.2) is 30.6 Å². The summed E-state index contributed by atoms with van der Waals surface area (Å²) < 4.78 is 53.0. The van der Waals surface area contributed by atoms with E-state index in [-0.39, 0.29) is 24.0 Å². The molecule has 0 bridgehead atoms. The highest BCUT2D eigenvalue weighted by Gasteiger charge is 2.39. The molecule has 2 heterocycles. The van der Waals surface area contributed by atoms with Crippen molar-refractivity contribution in [3.8, 4) is 17.2 Å². The van der Waals surface area contributed by atoms with Gasteiger partial charge in [0.25, 0.3) is 0 Å². The number of para-hydroxylation sites is 1. The van der Waals surface area contributed by atoms with Crippen LogP contribution in [0.5, 0.6) is 11.5 Å². The van der Waals surface area contributed by atoms with E-state index in [1.807, 2.05) is 26.8 Å². The average molecular weight is 574 g/mol. The molecule has 1 aromatic carbocycles. The van der Waals surface area contributed by atoms with Gasteiger partial charge in [-0.3, -0.25) is 4.57 Å². The van der Waals surface area contributed by atoms with E-state index in [9.17, 15) is 8.42 Å². The van der Waals surface area contributed by atoms with E-state index >= 15 is 0 Å². The van der Waals surface area contributed by atoms with Gasteiger partial charge >= 0.3 is 0 Å². The fourth-order valence-corrected chi connectivity index (χ4v) is 6.56. The summed E-state index contributed by atoms with van der Waals surface area (Å²) in [5, 5.41) is 7.98. The number of hydrogen-bond donors (Lipinski definition) is 0. The first-order valence-electron chi connectivity index (χ1n) is 13.4. The van der Waals surface area contributed by atoms with Crippen LogP contribution in [0.2, 0.25) is 0 Å². The summed E-state index contributed by atoms with van der Waals surface area (Å²) in [5.41, 5.74) is 1.42. The molecule has 40 heavy (non-hydrogen) atoms. The van der Waals surface area contributed by atoms with Crippen molar-refractivity contribution in [2.45, 2.75) is 82.2 Å². The lowest BCUT2D eigenvalue weighted by atomic mass is 10.0. The molecule has 1 fully saturated rings. The van der Waals surface area contributed by atoms with E-state index in [0.717, 1.165) is 24.8 Å². The van der Waals surface area contributed by atoms with Crippen molar-refractivity contribution >= 4 is 9.84 Å². The highest BCUT2D eigenvalue weighted by molar-refractivity contribution is 7.91. The summed E-state index contributed by atoms with van der Waals surface area (Å²) in [4.78, 5) is 8.75. The van der Waals surface area contributed by atoms with Gasteiger partial charge in [0.1, 0.15) is 34.9 Å². The summed E-state index contributed by atoms with van der Waals surface area (Å²) in [6.07, 6.45) is 4.83. The Bertz CT molecular complexity index is 1370. The van der Waals surface area contributed by atoms with Crippen molar-refractivity contribution in [1.82, 2.24) is 24.7 Å². The van der Waals surface area contributed by atoms with Gasteiger partial charge in [-0.1, -0.05) is 12.5 Å². The molecule has 0 amide bonds. The van der Waals surface area contributed by atoms with Crippen molar-refractivity contribution in [3.63, 3.8) is 0 Å². The number of rotatable bonds is 12. The van der Waals surface area contributed by atoms with Crippen LogP contribution < -0.4 is 9.47 Å². The number of aromatic nitrogens is 5. The highest BCUT2D eigenvalue weighted by atomic mass is 32.2. The lowest BCUT2D eigenvalue weighted by molar-refractivity contribution is 0.00141. The first-order chi connectivity index (χ1) is 19.1. The van der Waals surface area contributed by atoms with Crippen LogP contribution in [-0.4, -0.2) is 71.9 Å². The molecule has 0 unspecified atom stereocenters. The zero-order chi connectivity index (χ0) is 29.0. The molecule has 0 saturated heterocycles. The highest BCUT2D eigenvalue weighted by Crippen LogP contribution is 2.41. The fourth-order valence-electron chi connectivity index (χ4n) is 5.19. The van der Waals surface area contributed by atoms with Crippen LogP contribution in [0.25, 0.3) is 5.69 Å². The summed E-state index contributed by atoms with van der Waals surface area (Å²) in [7, 11) is 0.945. The molecule has 0 N–H and O–H groups in total. The summed E-state index contributed by atoms with van der Waals surface area (Å²) in [5.74, 6) is 1.73. The Hall–Kier alpha value is -3.09. The van der Waals surface area contributed by atoms with Crippen molar-refractivity contribution in [2.75, 3.05) is 21.3 Å². The van der Waals surface area contributed by atoms with Crippen molar-refractivity contribution < 1.29 is 27.4 Å². The Balaban J connectivity index is 1.81. The van der Waals surface area contributed by atoms with Crippen LogP contribution in [0.3, 0.4) is 0 Å². The number of benzene rings is 1. The topological polar surface area (TPSA) is 128 Å². The van der Waals surface area contributed by atoms with E-state index in [4.69, 9.17) is 18.9 Å². The average Bonchev–Trinajstić information content (AvgIpc) is 3.57. The number of sulfone groups is 1. The fraction of sp³-hybridized carbons (Fsp3) is 0.571. The van der Waals surface area contributed by atoms with E-state index in [0.29, 0.717) is 28.8 Å². The third kappa shape index (κ3) is 6.13. The van der Waals surface area contributed by atoms with Gasteiger partial charge in [0.05, 0.1) is 31.7 Å². The van der Waals surface area contributed by atoms with Crippen molar-refractivity contribution in [3.05, 3.63) is 53.6 Å². The second-order valence-electron chi connectivity index (χ2n) is 10.4. The third-order valence-corrected chi connectivity index (χ3v) is 9.31. The van der Waals surface area contributed by atoms with Gasteiger partial charge in [-0.2, -0.15) is 0 Å². The Morgan fingerprint density at radius 2 is 1.65 bits per heavy atom. The predicted octanol–water partition coefficient (Wildman–Crippen LogP) is 4.14. The van der Waals surface area contributed by atoms with Gasteiger partial charge in [0, 0.05) is 25.4 Å². The Kier molecular flexibility index (Phi) is 9.42. The SMILES string of the molecule is COc1cccc(OC)c1-n1c(CS(=O)(=O)[C@@H](C)[C@@H](OC(C)C)c2ncc(C)cn2)nnc1[C@@H]1CCC[C@@H]1OC. The van der Waals surface area contributed by atoms with Gasteiger partial charge in [-0.25, -0.2) is 18.4 Å². The minimum Gasteiger partial charge on any atom is -0.494 e. The van der Waals surface area contributed by atoms with Gasteiger partial charge in [0.2, 0.25) is 0 Å². The molecular formula is C28H39N5O6S. The van der Waals surface area contributed by atoms with Gasteiger partial charge in [-0.05, 0) is 58.2 Å². The Labute approximate surface area is 236 Å². The van der Waals surface area contributed by atoms with Crippen molar-refractivity contribution in [1.29, 1.82) is 0 Å². The molecule has 12 heteroatoms. The number of aryl methyl sites for hydroxylation is 1. The van der Waals surface area contributed by atoms with Crippen LogP contribution in [0.4, 0.5) is 0 Å². The number of nitrogens with zero attached hydrogens (tertiary/aromatic N) is 5. The second kappa shape index (κ2) is 12.6. The number of hydrogen-bond acceptors (Lipinski definition) is 10. The van der Waals surface area contributed by atoms with Gasteiger partial charge < -0.3 is 18.9 Å². The first-order valence-corrected chi connectivity index (χ1v) is 15.2. The maximum atomic E-state index is 14.0. The molecule has 0 aliphatic heterocycles. The van der Waals surface area contributed by atoms with E-state index < -0.39 is 26.9 Å². The number of methoxy groups -OCH3 is 3. The Morgan fingerprint density at radius 3 is 2.23 bits per heavy atom. The molecule has 4 rings (SSSR count). The van der Waals surface area contributed by atoms with Crippen LogP contribution in [0, 0.1) is 6.92 Å². The molecule has 3 aromatic rings. The lowest BCUT2D eigenvalue weighted by Gasteiger charge is -2.25. The molecular weight excluding hydrogens is 534 g/mol. The summed E-state index contributed by atoms with van der Waals surface area (Å²) in [6, 6.07) is 5.41. The Morgan fingerprint density at radius 1 is 1.00 bits per heavy atom. The molecule has 1 aliphatic rings. The minimum atomic E-state index is -3.86. The standard InChI is InChI=1S/C28H39N5O6S/c1-17(2)39-26(27-29-14-18(3)15-30-27)19(4)40(34,35)16-24-31-32-28(20-10-8-11-21(20)36-5)33(24)25-22(37-6)12-9-13-23(25)38-7/h9,12-15,17,19-21,26H,8,10-11,16H2,1-7H3/t19-,20+,21-,26+/m0/s1. The quantitative estimate of drug-likeness (QED) is 0.312. The maximum absolute atomic E-state index is 14.0. The van der Waals surface area contributed by atoms with Crippen LogP contribution in [-0.2, 0) is 25.1 Å². The van der Waals surface area contributed by atoms with Gasteiger partial charge in [0.15, 0.2) is 21.5 Å². The zero-order valence-corrected chi connectivity index (χ0v) is 25.0. The monoisotopic (exact) mass is 573 g/mol. The summed E-state index contributed by atoms with van der Waals surface area (Å²) in [6.45, 7) is 7.20. The van der Waals surface area contributed by atoms with Crippen LogP contribution in [0.1, 0.15) is 75.1 Å². The molecule has 4 atom stereocenters. The largest absolute Gasteiger partial charge is 0.494 e. The lowest BCUT2D eigenvalue weighted by Crippen LogP contribution is -2.32. The maximum Gasteiger partial charge on any atom is 0.163 e. The number of ether oxygens (including phenoxy) is 4. The zero-order valence-electron chi connectivity index (χ0n) is 24.2. The second-order valence-corrected chi connectivity index (χ2v) is 12.7. The normalized spacial score (nSPS) is 19.1. The third-order valence-electron chi connectivity index (χ3n) is 7.26. The predicted molar refractivity (Wildman–Crippen MR) is 150 cm³/mol. The molecule has 0 spiro atoms. The molecule has 1 aliphatic carbocycles. The summed E-state index contributed by atoms with van der Waals surface area (Å²) >= 11 is 0. The van der Waals surface area contributed by atoms with E-state index in [1.165, 1.54) is 0 Å². The van der Waals surface area contributed by atoms with Crippen LogP contribution >= 0.6 is 0 Å². The van der Waals surface area contributed by atoms with Crippen molar-refractivity contribution in [2.24, 2.45) is 0 Å². The molecule has 2 aromatic heterocycles. The minimum absolute atomic E-state index is 0.0606. The molecule has 11 nitrogen and oxygen atoms in total. The molecule has 0 radical (unpaired) electrons.